The predicted octanol–water partition coefficient (Wildman–Crippen LogP) is 2.97. The second kappa shape index (κ2) is 7.83. The molecule has 3 rings (SSSR count). The Morgan fingerprint density at radius 1 is 1.29 bits per heavy atom. The van der Waals surface area contributed by atoms with E-state index in [1.807, 2.05) is 13.8 Å². The molecule has 1 fully saturated rings. The molecular weight excluding hydrogens is 373 g/mol. The monoisotopic (exact) mass is 396 g/mol. The number of halogens is 3. The number of alkyl halides is 3. The van der Waals surface area contributed by atoms with Crippen LogP contribution >= 0.6 is 0 Å². The van der Waals surface area contributed by atoms with Gasteiger partial charge < -0.3 is 15.0 Å². The number of hydrogen-bond donors (Lipinski definition) is 1. The van der Waals surface area contributed by atoms with Gasteiger partial charge in [0.2, 0.25) is 0 Å². The van der Waals surface area contributed by atoms with Gasteiger partial charge in [-0.2, -0.15) is 18.3 Å². The normalized spacial score (nSPS) is 20.7. The van der Waals surface area contributed by atoms with E-state index < -0.39 is 11.7 Å². The lowest BCUT2D eigenvalue weighted by Crippen LogP contribution is -2.42. The fourth-order valence-electron chi connectivity index (χ4n) is 3.26. The van der Waals surface area contributed by atoms with Crippen molar-refractivity contribution in [3.63, 3.8) is 0 Å². The van der Waals surface area contributed by atoms with Gasteiger partial charge in [-0.3, -0.25) is 4.79 Å². The van der Waals surface area contributed by atoms with Crippen LogP contribution < -0.4 is 10.1 Å². The van der Waals surface area contributed by atoms with Gasteiger partial charge in [-0.1, -0.05) is 13.0 Å². The van der Waals surface area contributed by atoms with E-state index in [-0.39, 0.29) is 35.0 Å². The van der Waals surface area contributed by atoms with Crippen LogP contribution in [0.15, 0.2) is 30.5 Å². The molecule has 2 aromatic rings. The maximum atomic E-state index is 13.1. The van der Waals surface area contributed by atoms with E-state index >= 15 is 0 Å². The number of nitrogens with zero attached hydrogens (tertiary/aromatic N) is 3. The summed E-state index contributed by atoms with van der Waals surface area (Å²) in [6, 6.07) is 4.74. The fourth-order valence-corrected chi connectivity index (χ4v) is 3.26. The van der Waals surface area contributed by atoms with Crippen molar-refractivity contribution in [2.75, 3.05) is 26.7 Å². The second-order valence-corrected chi connectivity index (χ2v) is 7.11. The van der Waals surface area contributed by atoms with Gasteiger partial charge in [0.25, 0.3) is 5.91 Å². The van der Waals surface area contributed by atoms with Gasteiger partial charge in [0.05, 0.1) is 24.6 Å². The minimum Gasteiger partial charge on any atom is -0.493 e. The molecule has 2 atom stereocenters. The number of methoxy groups -OCH3 is 1. The number of aromatic nitrogens is 2. The van der Waals surface area contributed by atoms with Crippen molar-refractivity contribution in [1.82, 2.24) is 20.0 Å². The summed E-state index contributed by atoms with van der Waals surface area (Å²) >= 11 is 0. The van der Waals surface area contributed by atoms with Crippen molar-refractivity contribution >= 4 is 5.91 Å². The molecule has 1 N–H and O–H groups in total. The van der Waals surface area contributed by atoms with Crippen molar-refractivity contribution in [3.8, 4) is 11.4 Å². The first-order chi connectivity index (χ1) is 13.2. The molecular formula is C19H23F3N4O2. The smallest absolute Gasteiger partial charge is 0.416 e. The molecule has 2 heterocycles. The van der Waals surface area contributed by atoms with Crippen LogP contribution in [0.25, 0.3) is 5.69 Å². The molecule has 0 radical (unpaired) electrons. The van der Waals surface area contributed by atoms with Crippen molar-refractivity contribution < 1.29 is 22.7 Å². The first-order valence-corrected chi connectivity index (χ1v) is 9.03. The number of rotatable bonds is 3. The Morgan fingerprint density at radius 2 is 2.04 bits per heavy atom. The summed E-state index contributed by atoms with van der Waals surface area (Å²) in [5.41, 5.74) is -0.500. The zero-order chi connectivity index (χ0) is 20.5. The highest BCUT2D eigenvalue weighted by Gasteiger charge is 2.32. The lowest BCUT2D eigenvalue weighted by molar-refractivity contribution is -0.137. The van der Waals surface area contributed by atoms with E-state index in [1.54, 1.807) is 4.90 Å². The second-order valence-electron chi connectivity index (χ2n) is 7.11. The van der Waals surface area contributed by atoms with Crippen molar-refractivity contribution in [2.24, 2.45) is 5.92 Å². The van der Waals surface area contributed by atoms with Gasteiger partial charge in [-0.25, -0.2) is 4.68 Å². The summed E-state index contributed by atoms with van der Waals surface area (Å²) in [6.07, 6.45) is -3.04. The Balaban J connectivity index is 1.96. The van der Waals surface area contributed by atoms with Gasteiger partial charge >= 0.3 is 6.18 Å². The van der Waals surface area contributed by atoms with E-state index in [4.69, 9.17) is 4.74 Å². The van der Waals surface area contributed by atoms with Crippen LogP contribution in [-0.2, 0) is 6.18 Å². The molecule has 6 nitrogen and oxygen atoms in total. The van der Waals surface area contributed by atoms with Crippen LogP contribution in [0.1, 0.15) is 29.9 Å². The summed E-state index contributed by atoms with van der Waals surface area (Å²) in [5, 5.41) is 7.56. The largest absolute Gasteiger partial charge is 0.493 e. The third-order valence-electron chi connectivity index (χ3n) is 4.78. The molecule has 152 valence electrons. The third kappa shape index (κ3) is 4.14. The van der Waals surface area contributed by atoms with Crippen LogP contribution in [0.3, 0.4) is 0 Å². The quantitative estimate of drug-likeness (QED) is 0.867. The molecule has 1 amide bonds. The zero-order valence-electron chi connectivity index (χ0n) is 16.0. The molecule has 1 aliphatic rings. The van der Waals surface area contributed by atoms with Gasteiger partial charge in [-0.15, -0.1) is 0 Å². The summed E-state index contributed by atoms with van der Waals surface area (Å²) < 4.78 is 45.5. The number of carbonyl (C=O) groups excluding carboxylic acids is 1. The fraction of sp³-hybridized carbons (Fsp3) is 0.474. The van der Waals surface area contributed by atoms with E-state index in [2.05, 4.69) is 10.4 Å². The Bertz CT molecular complexity index is 850. The molecule has 0 aliphatic carbocycles. The van der Waals surface area contributed by atoms with Crippen molar-refractivity contribution in [3.05, 3.63) is 41.7 Å². The van der Waals surface area contributed by atoms with Crippen LogP contribution in [0.5, 0.6) is 5.75 Å². The molecule has 0 bridgehead atoms. The van der Waals surface area contributed by atoms with Gasteiger partial charge in [-0.05, 0) is 37.6 Å². The van der Waals surface area contributed by atoms with Crippen molar-refractivity contribution in [1.29, 1.82) is 0 Å². The SMILES string of the molecule is COc1cn(-c2cccc(C(F)(F)F)c2)nc1C(=O)N1CC(C)CNCC1C. The Hall–Kier alpha value is -2.55. The lowest BCUT2D eigenvalue weighted by atomic mass is 10.1. The van der Waals surface area contributed by atoms with Gasteiger partial charge in [0.1, 0.15) is 0 Å². The van der Waals surface area contributed by atoms with Gasteiger partial charge in [0.15, 0.2) is 11.4 Å². The minimum atomic E-state index is -4.46. The Labute approximate surface area is 161 Å². The number of amides is 1. The Kier molecular flexibility index (Phi) is 5.64. The molecule has 0 spiro atoms. The van der Waals surface area contributed by atoms with Crippen LogP contribution in [0.2, 0.25) is 0 Å². The van der Waals surface area contributed by atoms with E-state index in [9.17, 15) is 18.0 Å². The zero-order valence-corrected chi connectivity index (χ0v) is 16.0. The molecule has 28 heavy (non-hydrogen) atoms. The molecule has 1 aromatic heterocycles. The van der Waals surface area contributed by atoms with Crippen LogP contribution in [-0.4, -0.2) is 53.4 Å². The highest BCUT2D eigenvalue weighted by atomic mass is 19.4. The van der Waals surface area contributed by atoms with Crippen LogP contribution in [0.4, 0.5) is 13.2 Å². The summed E-state index contributed by atoms with van der Waals surface area (Å²) in [4.78, 5) is 14.8. The van der Waals surface area contributed by atoms with Crippen molar-refractivity contribution in [2.45, 2.75) is 26.1 Å². The third-order valence-corrected chi connectivity index (χ3v) is 4.78. The lowest BCUT2D eigenvalue weighted by Gasteiger charge is -2.27. The van der Waals surface area contributed by atoms with E-state index in [0.717, 1.165) is 18.7 Å². The summed E-state index contributed by atoms with van der Waals surface area (Å²) in [6.45, 7) is 6.02. The standard InChI is InChI=1S/C19H23F3N4O2/c1-12-8-23-9-13(2)25(10-12)18(27)17-16(28-3)11-26(24-17)15-6-4-5-14(7-15)19(20,21)22/h4-7,11-13,23H,8-10H2,1-3H3. The highest BCUT2D eigenvalue weighted by molar-refractivity contribution is 5.95. The molecule has 1 aromatic carbocycles. The number of carbonyl (C=O) groups is 1. The highest BCUT2D eigenvalue weighted by Crippen LogP contribution is 2.31. The maximum absolute atomic E-state index is 13.1. The average Bonchev–Trinajstić information content (AvgIpc) is 3.01. The minimum absolute atomic E-state index is 0.0409. The maximum Gasteiger partial charge on any atom is 0.416 e. The number of benzene rings is 1. The average molecular weight is 396 g/mol. The number of hydrogen-bond acceptors (Lipinski definition) is 4. The molecule has 2 unspecified atom stereocenters. The van der Waals surface area contributed by atoms with E-state index in [1.165, 1.54) is 30.1 Å². The molecule has 1 saturated heterocycles. The molecule has 0 saturated carbocycles. The summed E-state index contributed by atoms with van der Waals surface area (Å²) in [5.74, 6) is 0.190. The number of nitrogens with one attached hydrogen (secondary N) is 1. The molecule has 9 heteroatoms. The first kappa shape index (κ1) is 20.2. The Morgan fingerprint density at radius 3 is 2.71 bits per heavy atom. The van der Waals surface area contributed by atoms with Crippen LogP contribution in [0, 0.1) is 5.92 Å². The van der Waals surface area contributed by atoms with E-state index in [0.29, 0.717) is 13.1 Å². The first-order valence-electron chi connectivity index (χ1n) is 9.03. The van der Waals surface area contributed by atoms with Gasteiger partial charge in [0, 0.05) is 19.1 Å². The topological polar surface area (TPSA) is 59.4 Å². The predicted molar refractivity (Wildman–Crippen MR) is 97.7 cm³/mol. The molecule has 1 aliphatic heterocycles. The summed E-state index contributed by atoms with van der Waals surface area (Å²) in [7, 11) is 1.40. The number of ether oxygens (including phenoxy) is 1.